The Morgan fingerprint density at radius 1 is 1.38 bits per heavy atom. The highest BCUT2D eigenvalue weighted by Crippen LogP contribution is 2.32. The van der Waals surface area contributed by atoms with Crippen LogP contribution in [0.2, 0.25) is 0 Å². The summed E-state index contributed by atoms with van der Waals surface area (Å²) in [4.78, 5) is 12.1. The van der Waals surface area contributed by atoms with E-state index in [4.69, 9.17) is 0 Å². The number of Topliss-reactive ketones (excluding diaryl/α,β-unsaturated/α-hetero) is 1. The van der Waals surface area contributed by atoms with Crippen LogP contribution < -0.4 is 0 Å². The van der Waals surface area contributed by atoms with Crippen molar-refractivity contribution in [2.45, 2.75) is 39.5 Å². The summed E-state index contributed by atoms with van der Waals surface area (Å²) in [6, 6.07) is 8.30. The molecule has 0 N–H and O–H groups in total. The van der Waals surface area contributed by atoms with Gasteiger partial charge in [-0.2, -0.15) is 0 Å². The summed E-state index contributed by atoms with van der Waals surface area (Å²) in [6.45, 7) is 4.29. The van der Waals surface area contributed by atoms with Crippen molar-refractivity contribution in [2.24, 2.45) is 11.8 Å². The zero-order valence-corrected chi connectivity index (χ0v) is 10.2. The van der Waals surface area contributed by atoms with Crippen LogP contribution in [0, 0.1) is 18.8 Å². The molecule has 1 aliphatic rings. The molecule has 0 spiro atoms. The lowest BCUT2D eigenvalue weighted by Gasteiger charge is -2.13. The molecule has 1 aromatic carbocycles. The molecule has 0 radical (unpaired) electrons. The zero-order chi connectivity index (χ0) is 11.5. The molecule has 1 aliphatic carbocycles. The van der Waals surface area contributed by atoms with E-state index in [2.05, 4.69) is 32.0 Å². The minimum Gasteiger partial charge on any atom is -0.299 e. The fourth-order valence-corrected chi connectivity index (χ4v) is 2.78. The molecule has 0 aliphatic heterocycles. The number of ketones is 1. The van der Waals surface area contributed by atoms with Gasteiger partial charge >= 0.3 is 0 Å². The van der Waals surface area contributed by atoms with Crippen molar-refractivity contribution in [3.8, 4) is 0 Å². The molecular formula is C15H20O. The largest absolute Gasteiger partial charge is 0.299 e. The molecule has 2 unspecified atom stereocenters. The van der Waals surface area contributed by atoms with Crippen LogP contribution in [-0.2, 0) is 11.2 Å². The maximum atomic E-state index is 12.1. The molecule has 86 valence electrons. The lowest BCUT2D eigenvalue weighted by atomic mass is 9.90. The Bertz CT molecular complexity index is 381. The van der Waals surface area contributed by atoms with E-state index in [1.165, 1.54) is 24.0 Å². The first-order valence-corrected chi connectivity index (χ1v) is 6.25. The third-order valence-corrected chi connectivity index (χ3v) is 3.74. The normalized spacial score (nSPS) is 24.6. The van der Waals surface area contributed by atoms with Crippen LogP contribution in [0.15, 0.2) is 24.3 Å². The fourth-order valence-electron chi connectivity index (χ4n) is 2.78. The Morgan fingerprint density at radius 2 is 2.19 bits per heavy atom. The standard InChI is InChI=1S/C15H20O/c1-11-5-3-7-13(9-11)10-15(16)14-8-4-6-12(14)2/h3,5,7,9,12,14H,4,6,8,10H2,1-2H3. The van der Waals surface area contributed by atoms with Crippen LogP contribution in [0.4, 0.5) is 0 Å². The Morgan fingerprint density at radius 3 is 2.81 bits per heavy atom. The van der Waals surface area contributed by atoms with Gasteiger partial charge in [-0.15, -0.1) is 0 Å². The number of hydrogen-bond acceptors (Lipinski definition) is 1. The molecule has 0 amide bonds. The molecule has 1 saturated carbocycles. The molecule has 0 saturated heterocycles. The van der Waals surface area contributed by atoms with Crippen molar-refractivity contribution in [2.75, 3.05) is 0 Å². The third kappa shape index (κ3) is 2.52. The number of carbonyl (C=O) groups excluding carboxylic acids is 1. The van der Waals surface area contributed by atoms with Crippen molar-refractivity contribution < 1.29 is 4.79 Å². The summed E-state index contributed by atoms with van der Waals surface area (Å²) >= 11 is 0. The topological polar surface area (TPSA) is 17.1 Å². The van der Waals surface area contributed by atoms with Gasteiger partial charge in [0.15, 0.2) is 0 Å². The van der Waals surface area contributed by atoms with Gasteiger partial charge in [0, 0.05) is 12.3 Å². The molecule has 0 aromatic heterocycles. The monoisotopic (exact) mass is 216 g/mol. The van der Waals surface area contributed by atoms with Crippen LogP contribution in [0.5, 0.6) is 0 Å². The molecule has 2 atom stereocenters. The van der Waals surface area contributed by atoms with Gasteiger partial charge in [0.2, 0.25) is 0 Å². The van der Waals surface area contributed by atoms with E-state index in [0.29, 0.717) is 24.0 Å². The van der Waals surface area contributed by atoms with Crippen molar-refractivity contribution in [1.29, 1.82) is 0 Å². The van der Waals surface area contributed by atoms with Gasteiger partial charge in [-0.3, -0.25) is 4.79 Å². The number of rotatable bonds is 3. The van der Waals surface area contributed by atoms with Crippen LogP contribution in [-0.4, -0.2) is 5.78 Å². The molecule has 0 heterocycles. The van der Waals surface area contributed by atoms with Crippen molar-refractivity contribution in [3.05, 3.63) is 35.4 Å². The molecule has 1 fully saturated rings. The van der Waals surface area contributed by atoms with Gasteiger partial charge < -0.3 is 0 Å². The van der Waals surface area contributed by atoms with Gasteiger partial charge in [-0.05, 0) is 31.2 Å². The minimum atomic E-state index is 0.320. The first kappa shape index (κ1) is 11.4. The summed E-state index contributed by atoms with van der Waals surface area (Å²) in [5, 5.41) is 0. The molecule has 16 heavy (non-hydrogen) atoms. The summed E-state index contributed by atoms with van der Waals surface area (Å²) in [5.41, 5.74) is 2.41. The predicted molar refractivity (Wildman–Crippen MR) is 66.4 cm³/mol. The number of benzene rings is 1. The van der Waals surface area contributed by atoms with Gasteiger partial charge in [0.25, 0.3) is 0 Å². The van der Waals surface area contributed by atoms with Crippen molar-refractivity contribution in [3.63, 3.8) is 0 Å². The Hall–Kier alpha value is -1.11. The number of aryl methyl sites for hydroxylation is 1. The quantitative estimate of drug-likeness (QED) is 0.755. The lowest BCUT2D eigenvalue weighted by molar-refractivity contribution is -0.123. The second-order valence-electron chi connectivity index (χ2n) is 5.15. The van der Waals surface area contributed by atoms with E-state index >= 15 is 0 Å². The molecule has 1 aromatic rings. The predicted octanol–water partition coefficient (Wildman–Crippen LogP) is 3.54. The molecule has 1 heteroatoms. The fraction of sp³-hybridized carbons (Fsp3) is 0.533. The SMILES string of the molecule is Cc1cccc(CC(=O)C2CCCC2C)c1. The maximum absolute atomic E-state index is 12.1. The van der Waals surface area contributed by atoms with Gasteiger partial charge in [-0.1, -0.05) is 43.2 Å². The van der Waals surface area contributed by atoms with E-state index in [1.54, 1.807) is 0 Å². The van der Waals surface area contributed by atoms with E-state index < -0.39 is 0 Å². The minimum absolute atomic E-state index is 0.320. The van der Waals surface area contributed by atoms with Crippen molar-refractivity contribution in [1.82, 2.24) is 0 Å². The Kier molecular flexibility index (Phi) is 3.42. The summed E-state index contributed by atoms with van der Waals surface area (Å²) in [7, 11) is 0. The molecular weight excluding hydrogens is 196 g/mol. The highest BCUT2D eigenvalue weighted by atomic mass is 16.1. The summed E-state index contributed by atoms with van der Waals surface area (Å²) in [6.07, 6.45) is 4.18. The summed E-state index contributed by atoms with van der Waals surface area (Å²) in [5.74, 6) is 1.36. The number of hydrogen-bond donors (Lipinski definition) is 0. The van der Waals surface area contributed by atoms with Gasteiger partial charge in [-0.25, -0.2) is 0 Å². The van der Waals surface area contributed by atoms with Crippen molar-refractivity contribution >= 4 is 5.78 Å². The van der Waals surface area contributed by atoms with E-state index in [-0.39, 0.29) is 0 Å². The smallest absolute Gasteiger partial charge is 0.140 e. The van der Waals surface area contributed by atoms with E-state index in [9.17, 15) is 4.79 Å². The van der Waals surface area contributed by atoms with Crippen LogP contribution in [0.3, 0.4) is 0 Å². The van der Waals surface area contributed by atoms with E-state index in [1.807, 2.05) is 6.07 Å². The third-order valence-electron chi connectivity index (χ3n) is 3.74. The first-order chi connectivity index (χ1) is 7.66. The Labute approximate surface area is 97.9 Å². The summed E-state index contributed by atoms with van der Waals surface area (Å²) < 4.78 is 0. The molecule has 0 bridgehead atoms. The number of carbonyl (C=O) groups is 1. The second kappa shape index (κ2) is 4.82. The van der Waals surface area contributed by atoms with Crippen LogP contribution in [0.1, 0.15) is 37.3 Å². The second-order valence-corrected chi connectivity index (χ2v) is 5.15. The Balaban J connectivity index is 2.02. The first-order valence-electron chi connectivity index (χ1n) is 6.25. The van der Waals surface area contributed by atoms with Gasteiger partial charge in [0.1, 0.15) is 5.78 Å². The molecule has 1 nitrogen and oxygen atoms in total. The van der Waals surface area contributed by atoms with Gasteiger partial charge in [0.05, 0.1) is 0 Å². The lowest BCUT2D eigenvalue weighted by Crippen LogP contribution is -2.19. The maximum Gasteiger partial charge on any atom is 0.140 e. The average Bonchev–Trinajstić information content (AvgIpc) is 2.64. The zero-order valence-electron chi connectivity index (χ0n) is 10.2. The van der Waals surface area contributed by atoms with E-state index in [0.717, 1.165) is 6.42 Å². The highest BCUT2D eigenvalue weighted by molar-refractivity contribution is 5.83. The molecule has 2 rings (SSSR count). The van der Waals surface area contributed by atoms with Crippen LogP contribution in [0.25, 0.3) is 0 Å². The van der Waals surface area contributed by atoms with Crippen LogP contribution >= 0.6 is 0 Å². The average molecular weight is 216 g/mol. The highest BCUT2D eigenvalue weighted by Gasteiger charge is 2.29.